The second kappa shape index (κ2) is 9.36. The van der Waals surface area contributed by atoms with Crippen LogP contribution in [0.25, 0.3) is 6.08 Å². The van der Waals surface area contributed by atoms with E-state index in [1.807, 2.05) is 36.4 Å². The van der Waals surface area contributed by atoms with Gasteiger partial charge in [-0.2, -0.15) is 0 Å². The molecule has 2 N–H and O–H groups in total. The van der Waals surface area contributed by atoms with E-state index >= 15 is 0 Å². The molecule has 2 aliphatic rings. The van der Waals surface area contributed by atoms with E-state index in [1.54, 1.807) is 19.2 Å². The lowest BCUT2D eigenvalue weighted by atomic mass is 10.1. The van der Waals surface area contributed by atoms with Gasteiger partial charge in [-0.25, -0.2) is 0 Å². The molecule has 2 aromatic rings. The number of carbonyl (C=O) groups excluding carboxylic acids is 2. The molecule has 0 atom stereocenters. The zero-order valence-electron chi connectivity index (χ0n) is 16.9. The number of rotatable bonds is 6. The monoisotopic (exact) mass is 423 g/mol. The summed E-state index contributed by atoms with van der Waals surface area (Å²) >= 11 is 1.40. The molecule has 2 aromatic carbocycles. The quantitative estimate of drug-likeness (QED) is 0.695. The van der Waals surface area contributed by atoms with Gasteiger partial charge in [0.05, 0.1) is 17.7 Å². The van der Waals surface area contributed by atoms with E-state index in [2.05, 4.69) is 15.5 Å². The Balaban J connectivity index is 1.42. The summed E-state index contributed by atoms with van der Waals surface area (Å²) in [5, 5.41) is 5.88. The lowest BCUT2D eigenvalue weighted by molar-refractivity contribution is -0.112. The minimum absolute atomic E-state index is 0.117. The Hall–Kier alpha value is -2.77. The normalized spacial score (nSPS) is 17.5. The van der Waals surface area contributed by atoms with E-state index in [-0.39, 0.29) is 11.8 Å². The maximum absolute atomic E-state index is 12.6. The molecule has 0 bridgehead atoms. The Morgan fingerprint density at radius 2 is 2.07 bits per heavy atom. The number of hydrogen-bond acceptors (Lipinski definition) is 5. The largest absolute Gasteiger partial charge is 0.497 e. The first-order chi connectivity index (χ1) is 14.6. The van der Waals surface area contributed by atoms with Crippen molar-refractivity contribution >= 4 is 35.3 Å². The van der Waals surface area contributed by atoms with Crippen LogP contribution in [0.15, 0.2) is 52.3 Å². The SMILES string of the molecule is COc1cccc(/C=C2/Sc3ccc(C(=O)NCCN4CCCC4)cc3NC2=O)c1. The molecule has 0 saturated carbocycles. The van der Waals surface area contributed by atoms with Crippen LogP contribution in [0.4, 0.5) is 5.69 Å². The van der Waals surface area contributed by atoms with Gasteiger partial charge in [0.15, 0.2) is 0 Å². The summed E-state index contributed by atoms with van der Waals surface area (Å²) in [7, 11) is 1.62. The van der Waals surface area contributed by atoms with E-state index in [9.17, 15) is 9.59 Å². The number of hydrogen-bond donors (Lipinski definition) is 2. The van der Waals surface area contributed by atoms with Crippen LogP contribution in [-0.4, -0.2) is 50.0 Å². The van der Waals surface area contributed by atoms with Crippen molar-refractivity contribution in [2.75, 3.05) is 38.6 Å². The number of ether oxygens (including phenoxy) is 1. The van der Waals surface area contributed by atoms with Gasteiger partial charge in [0.2, 0.25) is 0 Å². The molecule has 2 heterocycles. The second-order valence-electron chi connectivity index (χ2n) is 7.36. The highest BCUT2D eigenvalue weighted by Crippen LogP contribution is 2.39. The molecule has 2 aliphatic heterocycles. The average Bonchev–Trinajstić information content (AvgIpc) is 3.27. The minimum atomic E-state index is -0.179. The number of benzene rings is 2. The van der Waals surface area contributed by atoms with Crippen molar-refractivity contribution in [2.45, 2.75) is 17.7 Å². The van der Waals surface area contributed by atoms with Crippen molar-refractivity contribution in [3.63, 3.8) is 0 Å². The molecule has 156 valence electrons. The lowest BCUT2D eigenvalue weighted by Gasteiger charge is -2.20. The molecule has 1 saturated heterocycles. The number of nitrogens with zero attached hydrogens (tertiary/aromatic N) is 1. The van der Waals surface area contributed by atoms with Crippen molar-refractivity contribution in [2.24, 2.45) is 0 Å². The zero-order valence-corrected chi connectivity index (χ0v) is 17.8. The van der Waals surface area contributed by atoms with Crippen LogP contribution in [0.5, 0.6) is 5.75 Å². The highest BCUT2D eigenvalue weighted by molar-refractivity contribution is 8.04. The fourth-order valence-electron chi connectivity index (χ4n) is 3.62. The van der Waals surface area contributed by atoms with Gasteiger partial charge in [-0.15, -0.1) is 0 Å². The predicted octanol–water partition coefficient (Wildman–Crippen LogP) is 3.61. The molecule has 6 nitrogen and oxygen atoms in total. The molecule has 0 spiro atoms. The van der Waals surface area contributed by atoms with Crippen molar-refractivity contribution < 1.29 is 14.3 Å². The summed E-state index contributed by atoms with van der Waals surface area (Å²) in [6, 6.07) is 13.0. The van der Waals surface area contributed by atoms with Crippen molar-refractivity contribution in [3.05, 3.63) is 58.5 Å². The summed E-state index contributed by atoms with van der Waals surface area (Å²) in [5.74, 6) is 0.447. The first-order valence-electron chi connectivity index (χ1n) is 10.1. The lowest BCUT2D eigenvalue weighted by Crippen LogP contribution is -2.33. The van der Waals surface area contributed by atoms with E-state index in [1.165, 1.54) is 24.6 Å². The average molecular weight is 424 g/mol. The number of methoxy groups -OCH3 is 1. The van der Waals surface area contributed by atoms with E-state index < -0.39 is 0 Å². The topological polar surface area (TPSA) is 70.7 Å². The standard InChI is InChI=1S/C23H25N3O3S/c1-29-18-6-4-5-16(13-18)14-21-23(28)25-19-15-17(7-8-20(19)30-21)22(27)24-9-12-26-10-2-3-11-26/h4-8,13-15H,2-3,9-12H2,1H3,(H,24,27)(H,25,28)/b21-14+. The number of anilines is 1. The third kappa shape index (κ3) is 4.86. The number of amides is 2. The molecular formula is C23H25N3O3S. The van der Waals surface area contributed by atoms with Crippen LogP contribution >= 0.6 is 11.8 Å². The maximum atomic E-state index is 12.6. The molecule has 0 unspecified atom stereocenters. The van der Waals surface area contributed by atoms with Gasteiger partial charge >= 0.3 is 0 Å². The second-order valence-corrected chi connectivity index (χ2v) is 8.44. The van der Waals surface area contributed by atoms with Gasteiger partial charge in [-0.1, -0.05) is 23.9 Å². The third-order valence-corrected chi connectivity index (χ3v) is 6.34. The number of nitrogens with one attached hydrogen (secondary N) is 2. The van der Waals surface area contributed by atoms with Crippen LogP contribution < -0.4 is 15.4 Å². The Labute approximate surface area is 180 Å². The summed E-state index contributed by atoms with van der Waals surface area (Å²) in [5.41, 5.74) is 2.11. The van der Waals surface area contributed by atoms with Gasteiger partial charge in [-0.3, -0.25) is 9.59 Å². The Bertz CT molecular complexity index is 983. The van der Waals surface area contributed by atoms with Crippen molar-refractivity contribution in [1.29, 1.82) is 0 Å². The third-order valence-electron chi connectivity index (χ3n) is 5.24. The fraction of sp³-hybridized carbons (Fsp3) is 0.304. The van der Waals surface area contributed by atoms with Crippen molar-refractivity contribution in [3.8, 4) is 5.75 Å². The van der Waals surface area contributed by atoms with E-state index in [0.717, 1.165) is 35.8 Å². The summed E-state index contributed by atoms with van der Waals surface area (Å²) in [4.78, 5) is 28.9. The maximum Gasteiger partial charge on any atom is 0.262 e. The van der Waals surface area contributed by atoms with Gasteiger partial charge in [0.25, 0.3) is 11.8 Å². The summed E-state index contributed by atoms with van der Waals surface area (Å²) in [6.45, 7) is 3.74. The Morgan fingerprint density at radius 1 is 1.23 bits per heavy atom. The molecule has 0 radical (unpaired) electrons. The van der Waals surface area contributed by atoms with Crippen molar-refractivity contribution in [1.82, 2.24) is 10.2 Å². The number of likely N-dealkylation sites (tertiary alicyclic amines) is 1. The van der Waals surface area contributed by atoms with Crippen LogP contribution in [-0.2, 0) is 4.79 Å². The molecule has 0 aromatic heterocycles. The Kier molecular flexibility index (Phi) is 6.40. The molecule has 4 rings (SSSR count). The van der Waals surface area contributed by atoms with E-state index in [4.69, 9.17) is 4.74 Å². The van der Waals surface area contributed by atoms with E-state index in [0.29, 0.717) is 22.7 Å². The number of carbonyl (C=O) groups is 2. The fourth-order valence-corrected chi connectivity index (χ4v) is 4.55. The van der Waals surface area contributed by atoms with Gasteiger partial charge in [-0.05, 0) is 67.9 Å². The Morgan fingerprint density at radius 3 is 2.87 bits per heavy atom. The minimum Gasteiger partial charge on any atom is -0.497 e. The first-order valence-corrected chi connectivity index (χ1v) is 10.9. The molecule has 30 heavy (non-hydrogen) atoms. The number of fused-ring (bicyclic) bond motifs is 1. The molecule has 1 fully saturated rings. The molecular weight excluding hydrogens is 398 g/mol. The predicted molar refractivity (Wildman–Crippen MR) is 120 cm³/mol. The van der Waals surface area contributed by atoms with Crippen LogP contribution in [0.1, 0.15) is 28.8 Å². The van der Waals surface area contributed by atoms with Gasteiger partial charge < -0.3 is 20.3 Å². The highest BCUT2D eigenvalue weighted by Gasteiger charge is 2.22. The summed E-state index contributed by atoms with van der Waals surface area (Å²) in [6.07, 6.45) is 4.32. The van der Waals surface area contributed by atoms with Crippen LogP contribution in [0.2, 0.25) is 0 Å². The summed E-state index contributed by atoms with van der Waals surface area (Å²) < 4.78 is 5.24. The van der Waals surface area contributed by atoms with Crippen LogP contribution in [0, 0.1) is 0 Å². The van der Waals surface area contributed by atoms with Crippen LogP contribution in [0.3, 0.4) is 0 Å². The van der Waals surface area contributed by atoms with Gasteiger partial charge in [0.1, 0.15) is 5.75 Å². The highest BCUT2D eigenvalue weighted by atomic mass is 32.2. The molecule has 7 heteroatoms. The van der Waals surface area contributed by atoms with Gasteiger partial charge in [0, 0.05) is 23.5 Å². The molecule has 0 aliphatic carbocycles. The molecule has 2 amide bonds. The number of thioether (sulfide) groups is 1. The first kappa shape index (κ1) is 20.5. The smallest absolute Gasteiger partial charge is 0.262 e. The zero-order chi connectivity index (χ0) is 20.9.